The summed E-state index contributed by atoms with van der Waals surface area (Å²) in [4.78, 5) is 2.59. The third-order valence-electron chi connectivity index (χ3n) is 3.72. The second-order valence-electron chi connectivity index (χ2n) is 7.22. The number of hydrogen-bond donors (Lipinski definition) is 1. The fraction of sp³-hybridized carbons (Fsp3) is 1.00. The molecule has 0 bridgehead atoms. The summed E-state index contributed by atoms with van der Waals surface area (Å²) in [6.45, 7) is 16.4. The molecule has 1 unspecified atom stereocenters. The Balaban J connectivity index is 2.77. The Morgan fingerprint density at radius 1 is 1.28 bits per heavy atom. The first kappa shape index (κ1) is 15.9. The van der Waals surface area contributed by atoms with E-state index in [2.05, 4.69) is 46.4 Å². The molecule has 0 radical (unpaired) electrons. The van der Waals surface area contributed by atoms with Gasteiger partial charge in [0.25, 0.3) is 0 Å². The molecule has 0 aromatic heterocycles. The molecule has 1 saturated heterocycles. The van der Waals surface area contributed by atoms with Gasteiger partial charge >= 0.3 is 0 Å². The molecule has 1 heterocycles. The Hall–Kier alpha value is -0.120. The Kier molecular flexibility index (Phi) is 5.22. The third-order valence-corrected chi connectivity index (χ3v) is 3.72. The van der Waals surface area contributed by atoms with Crippen molar-refractivity contribution in [3.05, 3.63) is 0 Å². The van der Waals surface area contributed by atoms with E-state index in [4.69, 9.17) is 10.5 Å². The maximum Gasteiger partial charge on any atom is 0.0789 e. The van der Waals surface area contributed by atoms with Gasteiger partial charge < -0.3 is 10.5 Å². The monoisotopic (exact) mass is 256 g/mol. The highest BCUT2D eigenvalue weighted by Crippen LogP contribution is 2.40. The molecule has 0 aromatic carbocycles. The van der Waals surface area contributed by atoms with Crippen LogP contribution in [0.4, 0.5) is 0 Å². The highest BCUT2D eigenvalue weighted by atomic mass is 16.5. The highest BCUT2D eigenvalue weighted by Gasteiger charge is 2.48. The number of nitrogens with zero attached hydrogens (tertiary/aromatic N) is 1. The normalized spacial score (nSPS) is 26.2. The maximum atomic E-state index is 6.22. The Bertz CT molecular complexity index is 261. The molecule has 0 aliphatic carbocycles. The molecular weight excluding hydrogens is 224 g/mol. The van der Waals surface area contributed by atoms with Crippen molar-refractivity contribution in [3.63, 3.8) is 0 Å². The molecule has 0 saturated carbocycles. The van der Waals surface area contributed by atoms with Crippen molar-refractivity contribution in [3.8, 4) is 0 Å². The summed E-state index contributed by atoms with van der Waals surface area (Å²) in [5, 5.41) is 0. The van der Waals surface area contributed by atoms with Crippen molar-refractivity contribution < 1.29 is 4.74 Å². The number of ether oxygens (including phenoxy) is 1. The van der Waals surface area contributed by atoms with E-state index in [-0.39, 0.29) is 11.2 Å². The summed E-state index contributed by atoms with van der Waals surface area (Å²) in [5.74, 6) is 0.683. The van der Waals surface area contributed by atoms with Crippen molar-refractivity contribution in [2.75, 3.05) is 19.6 Å². The number of hydrogen-bond acceptors (Lipinski definition) is 3. The molecule has 3 nitrogen and oxygen atoms in total. The SMILES string of the molecule is CC(C)CN(CCCN)C1CC(C)(C)OC1(C)C. The molecule has 0 spiro atoms. The van der Waals surface area contributed by atoms with Crippen LogP contribution in [-0.4, -0.2) is 41.8 Å². The Labute approximate surface area is 113 Å². The van der Waals surface area contributed by atoms with Gasteiger partial charge in [-0.3, -0.25) is 4.90 Å². The van der Waals surface area contributed by atoms with E-state index in [1.807, 2.05) is 0 Å². The van der Waals surface area contributed by atoms with Gasteiger partial charge in [-0.25, -0.2) is 0 Å². The Morgan fingerprint density at radius 2 is 1.89 bits per heavy atom. The molecule has 3 heteroatoms. The minimum absolute atomic E-state index is 0.00783. The minimum Gasteiger partial charge on any atom is -0.368 e. The van der Waals surface area contributed by atoms with Crippen molar-refractivity contribution in [2.45, 2.75) is 71.6 Å². The number of nitrogens with two attached hydrogens (primary N) is 1. The zero-order chi connectivity index (χ0) is 14.0. The molecule has 108 valence electrons. The van der Waals surface area contributed by atoms with E-state index in [1.165, 1.54) is 0 Å². The third kappa shape index (κ3) is 4.22. The van der Waals surface area contributed by atoms with Gasteiger partial charge in [-0.1, -0.05) is 13.8 Å². The summed E-state index contributed by atoms with van der Waals surface area (Å²) in [5.41, 5.74) is 5.60. The van der Waals surface area contributed by atoms with Crippen LogP contribution in [0.2, 0.25) is 0 Å². The molecule has 1 rings (SSSR count). The zero-order valence-corrected chi connectivity index (χ0v) is 13.1. The standard InChI is InChI=1S/C15H32N2O/c1-12(2)11-17(9-7-8-16)13-10-14(3,4)18-15(13,5)6/h12-13H,7-11,16H2,1-6H3. The molecule has 18 heavy (non-hydrogen) atoms. The van der Waals surface area contributed by atoms with Gasteiger partial charge in [0, 0.05) is 12.6 Å². The van der Waals surface area contributed by atoms with Gasteiger partial charge in [-0.15, -0.1) is 0 Å². The van der Waals surface area contributed by atoms with Gasteiger partial charge in [-0.2, -0.15) is 0 Å². The molecule has 0 amide bonds. The van der Waals surface area contributed by atoms with Gasteiger partial charge in [0.15, 0.2) is 0 Å². The molecule has 1 aliphatic rings. The molecule has 1 atom stereocenters. The lowest BCUT2D eigenvalue weighted by atomic mass is 9.92. The molecule has 1 fully saturated rings. The van der Waals surface area contributed by atoms with Gasteiger partial charge in [0.1, 0.15) is 0 Å². The van der Waals surface area contributed by atoms with E-state index >= 15 is 0 Å². The number of rotatable bonds is 6. The van der Waals surface area contributed by atoms with Crippen molar-refractivity contribution >= 4 is 0 Å². The van der Waals surface area contributed by atoms with Crippen LogP contribution in [0.3, 0.4) is 0 Å². The second-order valence-corrected chi connectivity index (χ2v) is 7.22. The van der Waals surface area contributed by atoms with Crippen LogP contribution in [0.1, 0.15) is 54.4 Å². The quantitative estimate of drug-likeness (QED) is 0.794. The van der Waals surface area contributed by atoms with Crippen LogP contribution < -0.4 is 5.73 Å². The van der Waals surface area contributed by atoms with E-state index in [1.54, 1.807) is 0 Å². The van der Waals surface area contributed by atoms with E-state index < -0.39 is 0 Å². The van der Waals surface area contributed by atoms with E-state index in [9.17, 15) is 0 Å². The largest absolute Gasteiger partial charge is 0.368 e. The first-order chi connectivity index (χ1) is 8.18. The van der Waals surface area contributed by atoms with Gasteiger partial charge in [0.2, 0.25) is 0 Å². The second kappa shape index (κ2) is 5.89. The Morgan fingerprint density at radius 3 is 2.28 bits per heavy atom. The fourth-order valence-electron chi connectivity index (χ4n) is 3.24. The lowest BCUT2D eigenvalue weighted by Crippen LogP contribution is -2.48. The average molecular weight is 256 g/mol. The van der Waals surface area contributed by atoms with E-state index in [0.29, 0.717) is 12.0 Å². The zero-order valence-electron chi connectivity index (χ0n) is 13.1. The topological polar surface area (TPSA) is 38.5 Å². The highest BCUT2D eigenvalue weighted by molar-refractivity contribution is 5.00. The van der Waals surface area contributed by atoms with Crippen LogP contribution in [-0.2, 0) is 4.74 Å². The lowest BCUT2D eigenvalue weighted by molar-refractivity contribution is -0.0813. The van der Waals surface area contributed by atoms with E-state index in [0.717, 1.165) is 32.5 Å². The predicted molar refractivity (Wildman–Crippen MR) is 77.7 cm³/mol. The summed E-state index contributed by atoms with van der Waals surface area (Å²) < 4.78 is 6.22. The summed E-state index contributed by atoms with van der Waals surface area (Å²) in [7, 11) is 0. The lowest BCUT2D eigenvalue weighted by Gasteiger charge is -2.37. The van der Waals surface area contributed by atoms with Crippen LogP contribution in [0.5, 0.6) is 0 Å². The predicted octanol–water partition coefficient (Wildman–Crippen LogP) is 2.64. The summed E-state index contributed by atoms with van der Waals surface area (Å²) >= 11 is 0. The van der Waals surface area contributed by atoms with Gasteiger partial charge in [-0.05, 0) is 59.5 Å². The smallest absolute Gasteiger partial charge is 0.0789 e. The molecular formula is C15H32N2O. The first-order valence-corrected chi connectivity index (χ1v) is 7.32. The van der Waals surface area contributed by atoms with Crippen LogP contribution in [0.25, 0.3) is 0 Å². The minimum atomic E-state index is -0.0625. The summed E-state index contributed by atoms with van der Waals surface area (Å²) in [6.07, 6.45) is 2.18. The molecule has 2 N–H and O–H groups in total. The van der Waals surface area contributed by atoms with Crippen molar-refractivity contribution in [1.29, 1.82) is 0 Å². The maximum absolute atomic E-state index is 6.22. The van der Waals surface area contributed by atoms with Gasteiger partial charge in [0.05, 0.1) is 11.2 Å². The molecule has 0 aromatic rings. The fourth-order valence-corrected chi connectivity index (χ4v) is 3.24. The molecule has 1 aliphatic heterocycles. The van der Waals surface area contributed by atoms with Crippen molar-refractivity contribution in [1.82, 2.24) is 4.90 Å². The summed E-state index contributed by atoms with van der Waals surface area (Å²) in [6, 6.07) is 0.501. The van der Waals surface area contributed by atoms with Crippen LogP contribution >= 0.6 is 0 Å². The van der Waals surface area contributed by atoms with Crippen molar-refractivity contribution in [2.24, 2.45) is 11.7 Å². The van der Waals surface area contributed by atoms with Crippen LogP contribution in [0.15, 0.2) is 0 Å². The van der Waals surface area contributed by atoms with Crippen LogP contribution in [0, 0.1) is 5.92 Å². The average Bonchev–Trinajstić information content (AvgIpc) is 2.40. The first-order valence-electron chi connectivity index (χ1n) is 7.32.